The second-order valence-electron chi connectivity index (χ2n) is 4.72. The van der Waals surface area contributed by atoms with Gasteiger partial charge in [-0.2, -0.15) is 5.10 Å². The first-order valence-electron chi connectivity index (χ1n) is 6.72. The van der Waals surface area contributed by atoms with Gasteiger partial charge in [-0.3, -0.25) is 15.5 Å². The summed E-state index contributed by atoms with van der Waals surface area (Å²) in [6, 6.07) is 3.69. The van der Waals surface area contributed by atoms with Crippen LogP contribution in [0.4, 0.5) is 5.69 Å². The minimum absolute atomic E-state index is 0.102. The van der Waals surface area contributed by atoms with Crippen LogP contribution in [0.2, 0.25) is 0 Å². The number of ether oxygens (including phenoxy) is 1. The van der Waals surface area contributed by atoms with Crippen molar-refractivity contribution in [3.8, 4) is 5.75 Å². The number of nitro groups is 1. The quantitative estimate of drug-likeness (QED) is 0.324. The van der Waals surface area contributed by atoms with Crippen LogP contribution in [-0.2, 0) is 4.74 Å². The number of hydrogen-bond donors (Lipinski definition) is 3. The van der Waals surface area contributed by atoms with Crippen molar-refractivity contribution in [2.45, 2.75) is 18.9 Å². The first kappa shape index (κ1) is 16.1. The third-order valence-electron chi connectivity index (χ3n) is 3.11. The molecule has 1 aliphatic rings. The smallest absolute Gasteiger partial charge is 0.270 e. The van der Waals surface area contributed by atoms with E-state index in [1.165, 1.54) is 24.4 Å². The number of aromatic hydroxyl groups is 1. The molecule has 9 heteroatoms. The van der Waals surface area contributed by atoms with E-state index in [2.05, 4.69) is 15.8 Å². The molecule has 0 radical (unpaired) electrons. The summed E-state index contributed by atoms with van der Waals surface area (Å²) in [6.45, 7) is 1.38. The van der Waals surface area contributed by atoms with Gasteiger partial charge in [-0.1, -0.05) is 0 Å². The average molecular weight is 324 g/mol. The lowest BCUT2D eigenvalue weighted by molar-refractivity contribution is -0.384. The second kappa shape index (κ2) is 7.66. The van der Waals surface area contributed by atoms with Gasteiger partial charge in [-0.15, -0.1) is 0 Å². The van der Waals surface area contributed by atoms with Gasteiger partial charge in [0.05, 0.1) is 17.2 Å². The molecule has 22 heavy (non-hydrogen) atoms. The minimum Gasteiger partial charge on any atom is -0.507 e. The van der Waals surface area contributed by atoms with Crippen molar-refractivity contribution in [3.63, 3.8) is 0 Å². The molecule has 1 heterocycles. The molecule has 0 saturated carbocycles. The first-order valence-corrected chi connectivity index (χ1v) is 7.13. The zero-order chi connectivity index (χ0) is 15.9. The molecule has 0 aliphatic carbocycles. The molecule has 3 N–H and O–H groups in total. The van der Waals surface area contributed by atoms with E-state index in [0.29, 0.717) is 11.7 Å². The minimum atomic E-state index is -0.544. The Balaban J connectivity index is 1.84. The maximum absolute atomic E-state index is 10.7. The largest absolute Gasteiger partial charge is 0.507 e. The lowest BCUT2D eigenvalue weighted by atomic mass is 10.2. The third-order valence-corrected chi connectivity index (χ3v) is 3.34. The van der Waals surface area contributed by atoms with Crippen LogP contribution in [0.1, 0.15) is 18.4 Å². The highest BCUT2D eigenvalue weighted by Gasteiger charge is 2.15. The second-order valence-corrected chi connectivity index (χ2v) is 5.12. The molecule has 8 nitrogen and oxygen atoms in total. The van der Waals surface area contributed by atoms with Gasteiger partial charge < -0.3 is 15.2 Å². The molecule has 0 spiro atoms. The number of non-ortho nitro benzene ring substituents is 1. The maximum atomic E-state index is 10.7. The number of hydrogen-bond acceptors (Lipinski definition) is 6. The van der Waals surface area contributed by atoms with Crippen molar-refractivity contribution in [2.75, 3.05) is 13.2 Å². The van der Waals surface area contributed by atoms with Crippen LogP contribution < -0.4 is 10.7 Å². The van der Waals surface area contributed by atoms with Gasteiger partial charge in [-0.05, 0) is 31.1 Å². The van der Waals surface area contributed by atoms with E-state index in [0.717, 1.165) is 19.4 Å². The molecule has 1 aliphatic heterocycles. The zero-order valence-electron chi connectivity index (χ0n) is 11.7. The molecule has 0 unspecified atom stereocenters. The average Bonchev–Trinajstić information content (AvgIpc) is 3.00. The summed E-state index contributed by atoms with van der Waals surface area (Å²) in [5.41, 5.74) is 2.68. The number of nitrogens with zero attached hydrogens (tertiary/aromatic N) is 2. The summed E-state index contributed by atoms with van der Waals surface area (Å²) in [5.74, 6) is -0.102. The number of rotatable bonds is 5. The van der Waals surface area contributed by atoms with Crippen molar-refractivity contribution < 1.29 is 14.8 Å². The van der Waals surface area contributed by atoms with E-state index in [1.807, 2.05) is 0 Å². The predicted octanol–water partition coefficient (Wildman–Crippen LogP) is 1.28. The van der Waals surface area contributed by atoms with E-state index in [1.54, 1.807) is 0 Å². The lowest BCUT2D eigenvalue weighted by Gasteiger charge is -2.11. The van der Waals surface area contributed by atoms with Gasteiger partial charge in [0.15, 0.2) is 5.11 Å². The molecule has 2 rings (SSSR count). The fourth-order valence-electron chi connectivity index (χ4n) is 1.97. The van der Waals surface area contributed by atoms with E-state index < -0.39 is 4.92 Å². The van der Waals surface area contributed by atoms with E-state index in [4.69, 9.17) is 17.0 Å². The number of phenols is 1. The van der Waals surface area contributed by atoms with Gasteiger partial charge >= 0.3 is 0 Å². The standard InChI is InChI=1S/C13H16N4O4S/c18-12-4-3-10(17(19)20)6-9(12)7-15-16-13(22)14-8-11-2-1-5-21-11/h3-4,6-7,11,18H,1-2,5,8H2,(H2,14,16,22)/b15-7+/t11-/m1/s1. The number of thiocarbonyl (C=S) groups is 1. The van der Waals surface area contributed by atoms with E-state index in [9.17, 15) is 15.2 Å². The molecule has 1 aromatic carbocycles. The highest BCUT2D eigenvalue weighted by molar-refractivity contribution is 7.80. The molecule has 0 amide bonds. The van der Waals surface area contributed by atoms with Crippen LogP contribution in [0, 0.1) is 10.1 Å². The Bertz CT molecular complexity index is 587. The zero-order valence-corrected chi connectivity index (χ0v) is 12.5. The topological polar surface area (TPSA) is 109 Å². The van der Waals surface area contributed by atoms with E-state index >= 15 is 0 Å². The summed E-state index contributed by atoms with van der Waals surface area (Å²) in [7, 11) is 0. The normalized spacial score (nSPS) is 17.5. The fourth-order valence-corrected chi connectivity index (χ4v) is 2.11. The monoisotopic (exact) mass is 324 g/mol. The van der Waals surface area contributed by atoms with Crippen molar-refractivity contribution >= 4 is 29.2 Å². The Kier molecular flexibility index (Phi) is 5.61. The van der Waals surface area contributed by atoms with Crippen molar-refractivity contribution in [1.82, 2.24) is 10.7 Å². The summed E-state index contributed by atoms with van der Waals surface area (Å²) in [6.07, 6.45) is 3.48. The summed E-state index contributed by atoms with van der Waals surface area (Å²) in [4.78, 5) is 10.1. The maximum Gasteiger partial charge on any atom is 0.270 e. The Morgan fingerprint density at radius 3 is 3.14 bits per heavy atom. The third kappa shape index (κ3) is 4.64. The Morgan fingerprint density at radius 2 is 2.45 bits per heavy atom. The summed E-state index contributed by atoms with van der Waals surface area (Å²) < 4.78 is 5.44. The number of phenolic OH excluding ortho intramolecular Hbond substituents is 1. The number of nitrogens with one attached hydrogen (secondary N) is 2. The molecule has 1 fully saturated rings. The summed E-state index contributed by atoms with van der Waals surface area (Å²) >= 11 is 5.04. The molecule has 118 valence electrons. The van der Waals surface area contributed by atoms with Crippen LogP contribution in [0.5, 0.6) is 5.75 Å². The Hall–Kier alpha value is -2.26. The van der Waals surface area contributed by atoms with Crippen LogP contribution in [0.25, 0.3) is 0 Å². The van der Waals surface area contributed by atoms with E-state index in [-0.39, 0.29) is 23.1 Å². The lowest BCUT2D eigenvalue weighted by Crippen LogP contribution is -2.37. The number of hydrazone groups is 1. The molecule has 0 bridgehead atoms. The van der Waals surface area contributed by atoms with Crippen LogP contribution in [0.15, 0.2) is 23.3 Å². The summed E-state index contributed by atoms with van der Waals surface area (Å²) in [5, 5.41) is 27.4. The molecule has 0 aromatic heterocycles. The molecule has 1 saturated heterocycles. The van der Waals surface area contributed by atoms with Crippen molar-refractivity contribution in [2.24, 2.45) is 5.10 Å². The van der Waals surface area contributed by atoms with Gasteiger partial charge in [0.25, 0.3) is 5.69 Å². The van der Waals surface area contributed by atoms with Crippen LogP contribution in [0.3, 0.4) is 0 Å². The Labute approximate surface area is 132 Å². The number of nitro benzene ring substituents is 1. The molecular formula is C13H16N4O4S. The van der Waals surface area contributed by atoms with Gasteiger partial charge in [0, 0.05) is 30.8 Å². The molecular weight excluding hydrogens is 308 g/mol. The molecule has 1 aromatic rings. The Morgan fingerprint density at radius 1 is 1.64 bits per heavy atom. The fraction of sp³-hybridized carbons (Fsp3) is 0.385. The van der Waals surface area contributed by atoms with Gasteiger partial charge in [-0.25, -0.2) is 0 Å². The highest BCUT2D eigenvalue weighted by Crippen LogP contribution is 2.21. The highest BCUT2D eigenvalue weighted by atomic mass is 32.1. The predicted molar refractivity (Wildman–Crippen MR) is 85.1 cm³/mol. The van der Waals surface area contributed by atoms with Crippen molar-refractivity contribution in [3.05, 3.63) is 33.9 Å². The SMILES string of the molecule is O=[N+]([O-])c1ccc(O)c(/C=N/NC(=S)NC[C@H]2CCCO2)c1. The van der Waals surface area contributed by atoms with Crippen LogP contribution >= 0.6 is 12.2 Å². The van der Waals surface area contributed by atoms with Gasteiger partial charge in [0.1, 0.15) is 5.75 Å². The van der Waals surface area contributed by atoms with Crippen molar-refractivity contribution in [1.29, 1.82) is 0 Å². The van der Waals surface area contributed by atoms with Crippen LogP contribution in [-0.4, -0.2) is 40.6 Å². The first-order chi connectivity index (χ1) is 10.6. The van der Waals surface area contributed by atoms with Gasteiger partial charge in [0.2, 0.25) is 0 Å². The molecule has 1 atom stereocenters. The number of benzene rings is 1.